The van der Waals surface area contributed by atoms with Crippen LogP contribution in [0, 0.1) is 5.92 Å². The zero-order valence-electron chi connectivity index (χ0n) is 23.2. The third-order valence-corrected chi connectivity index (χ3v) is 8.31. The summed E-state index contributed by atoms with van der Waals surface area (Å²) in [6, 6.07) is 20.7. The summed E-state index contributed by atoms with van der Waals surface area (Å²) >= 11 is 6.22. The Morgan fingerprint density at radius 1 is 0.975 bits per heavy atom. The molecule has 1 atom stereocenters. The first-order valence-electron chi connectivity index (χ1n) is 13.1. The quantitative estimate of drug-likeness (QED) is 0.300. The van der Waals surface area contributed by atoms with Crippen molar-refractivity contribution in [1.82, 2.24) is 10.2 Å². The Morgan fingerprint density at radius 3 is 2.23 bits per heavy atom. The summed E-state index contributed by atoms with van der Waals surface area (Å²) in [6.45, 7) is 5.87. The van der Waals surface area contributed by atoms with E-state index in [1.165, 1.54) is 30.2 Å². The first kappa shape index (κ1) is 31.0. The minimum absolute atomic E-state index is 0.0163. The smallest absolute Gasteiger partial charge is 0.264 e. The molecule has 40 heavy (non-hydrogen) atoms. The molecule has 0 heterocycles. The van der Waals surface area contributed by atoms with Crippen LogP contribution in [0.5, 0.6) is 5.75 Å². The van der Waals surface area contributed by atoms with E-state index >= 15 is 0 Å². The molecule has 214 valence electrons. The number of carbonyl (C=O) groups excluding carboxylic acids is 2. The summed E-state index contributed by atoms with van der Waals surface area (Å²) < 4.78 is 34.0. The highest BCUT2D eigenvalue weighted by atomic mass is 35.5. The van der Waals surface area contributed by atoms with E-state index in [0.29, 0.717) is 23.7 Å². The van der Waals surface area contributed by atoms with E-state index in [1.54, 1.807) is 30.3 Å². The number of hydrogen-bond acceptors (Lipinski definition) is 5. The molecule has 0 aromatic heterocycles. The molecule has 0 saturated carbocycles. The summed E-state index contributed by atoms with van der Waals surface area (Å²) in [5, 5.41) is 3.24. The highest BCUT2D eigenvalue weighted by molar-refractivity contribution is 7.92. The molecule has 0 fully saturated rings. The Morgan fingerprint density at radius 2 is 1.65 bits per heavy atom. The molecule has 0 saturated heterocycles. The van der Waals surface area contributed by atoms with E-state index in [-0.39, 0.29) is 29.0 Å². The van der Waals surface area contributed by atoms with E-state index in [1.807, 2.05) is 51.1 Å². The van der Waals surface area contributed by atoms with Gasteiger partial charge in [0, 0.05) is 18.1 Å². The van der Waals surface area contributed by atoms with Crippen molar-refractivity contribution >= 4 is 39.1 Å². The zero-order chi connectivity index (χ0) is 29.3. The molecule has 0 aliphatic heterocycles. The van der Waals surface area contributed by atoms with Crippen LogP contribution in [-0.4, -0.2) is 51.4 Å². The first-order valence-corrected chi connectivity index (χ1v) is 14.9. The van der Waals surface area contributed by atoms with Crippen molar-refractivity contribution < 1.29 is 22.7 Å². The fourth-order valence-electron chi connectivity index (χ4n) is 4.16. The summed E-state index contributed by atoms with van der Waals surface area (Å²) in [7, 11) is -2.71. The highest BCUT2D eigenvalue weighted by Gasteiger charge is 2.33. The number of carbonyl (C=O) groups is 2. The fraction of sp³-hybridized carbons (Fsp3) is 0.333. The van der Waals surface area contributed by atoms with Crippen molar-refractivity contribution in [3.05, 3.63) is 89.4 Å². The average molecular weight is 586 g/mol. The number of nitrogens with one attached hydrogen (secondary N) is 1. The van der Waals surface area contributed by atoms with Crippen molar-refractivity contribution in [2.45, 2.75) is 44.7 Å². The van der Waals surface area contributed by atoms with Gasteiger partial charge in [0.2, 0.25) is 11.8 Å². The Labute approximate surface area is 241 Å². The maximum atomic E-state index is 14.0. The van der Waals surface area contributed by atoms with Crippen LogP contribution < -0.4 is 14.4 Å². The Bertz CT molecular complexity index is 1380. The lowest BCUT2D eigenvalue weighted by Crippen LogP contribution is -2.52. The molecule has 0 aliphatic carbocycles. The van der Waals surface area contributed by atoms with Crippen molar-refractivity contribution in [1.29, 1.82) is 0 Å². The molecule has 1 N–H and O–H groups in total. The van der Waals surface area contributed by atoms with Gasteiger partial charge in [-0.05, 0) is 60.4 Å². The normalized spacial score (nSPS) is 12.1. The number of hydrogen-bond donors (Lipinski definition) is 1. The van der Waals surface area contributed by atoms with E-state index < -0.39 is 28.5 Å². The Balaban J connectivity index is 2.03. The lowest BCUT2D eigenvalue weighted by Gasteiger charge is -2.33. The minimum atomic E-state index is -4.20. The van der Waals surface area contributed by atoms with Crippen molar-refractivity contribution in [3.63, 3.8) is 0 Å². The number of sulfonamides is 1. The maximum Gasteiger partial charge on any atom is 0.264 e. The van der Waals surface area contributed by atoms with Gasteiger partial charge in [-0.25, -0.2) is 8.42 Å². The van der Waals surface area contributed by atoms with Crippen LogP contribution in [0.1, 0.15) is 32.8 Å². The standard InChI is InChI=1S/C30H36ClN3O5S/c1-5-28(30(36)32-19-22(2)3)33(20-23-10-7-6-8-11-23)29(35)21-34(25-13-9-12-24(31)18-25)40(37,38)27-16-14-26(39-4)15-17-27/h6-18,22,28H,5,19-21H2,1-4H3,(H,32,36)/t28-/m0/s1. The number of nitrogens with zero attached hydrogens (tertiary/aromatic N) is 2. The van der Waals surface area contributed by atoms with Crippen LogP contribution in [0.2, 0.25) is 5.02 Å². The summed E-state index contributed by atoms with van der Waals surface area (Å²) in [5.74, 6) is -0.0792. The van der Waals surface area contributed by atoms with Gasteiger partial charge in [-0.1, -0.05) is 68.8 Å². The van der Waals surface area contributed by atoms with Crippen LogP contribution >= 0.6 is 11.6 Å². The Hall–Kier alpha value is -3.56. The number of amides is 2. The maximum absolute atomic E-state index is 14.0. The molecule has 3 aromatic rings. The molecule has 0 radical (unpaired) electrons. The van der Waals surface area contributed by atoms with E-state index in [9.17, 15) is 18.0 Å². The number of halogens is 1. The van der Waals surface area contributed by atoms with Gasteiger partial charge in [0.1, 0.15) is 18.3 Å². The van der Waals surface area contributed by atoms with Gasteiger partial charge in [0.25, 0.3) is 10.0 Å². The summed E-state index contributed by atoms with van der Waals surface area (Å²) in [4.78, 5) is 28.7. The average Bonchev–Trinajstić information content (AvgIpc) is 2.95. The second-order valence-corrected chi connectivity index (χ2v) is 12.0. The number of ether oxygens (including phenoxy) is 1. The van der Waals surface area contributed by atoms with Gasteiger partial charge in [-0.2, -0.15) is 0 Å². The van der Waals surface area contributed by atoms with Gasteiger partial charge in [0.05, 0.1) is 17.7 Å². The summed E-state index contributed by atoms with van der Waals surface area (Å²) in [5.41, 5.74) is 1.05. The van der Waals surface area contributed by atoms with Gasteiger partial charge in [0.15, 0.2) is 0 Å². The zero-order valence-corrected chi connectivity index (χ0v) is 24.8. The van der Waals surface area contributed by atoms with Crippen LogP contribution in [-0.2, 0) is 26.2 Å². The molecular weight excluding hydrogens is 550 g/mol. The predicted octanol–water partition coefficient (Wildman–Crippen LogP) is 5.12. The van der Waals surface area contributed by atoms with Crippen molar-refractivity contribution in [3.8, 4) is 5.75 Å². The monoisotopic (exact) mass is 585 g/mol. The molecule has 3 aromatic carbocycles. The molecule has 0 bridgehead atoms. The predicted molar refractivity (Wildman–Crippen MR) is 158 cm³/mol. The number of methoxy groups -OCH3 is 1. The van der Waals surface area contributed by atoms with Crippen LogP contribution in [0.25, 0.3) is 0 Å². The van der Waals surface area contributed by atoms with E-state index in [4.69, 9.17) is 16.3 Å². The molecular formula is C30H36ClN3O5S. The topological polar surface area (TPSA) is 96.0 Å². The highest BCUT2D eigenvalue weighted by Crippen LogP contribution is 2.28. The van der Waals surface area contributed by atoms with Gasteiger partial charge in [-0.15, -0.1) is 0 Å². The SMILES string of the molecule is CC[C@@H](C(=O)NCC(C)C)N(Cc1ccccc1)C(=O)CN(c1cccc(Cl)c1)S(=O)(=O)c1ccc(OC)cc1. The molecule has 10 heteroatoms. The second kappa shape index (κ2) is 14.2. The van der Waals surface area contributed by atoms with Gasteiger partial charge in [-0.3, -0.25) is 13.9 Å². The number of benzene rings is 3. The molecule has 0 unspecified atom stereocenters. The Kier molecular flexibility index (Phi) is 11.0. The fourth-order valence-corrected chi connectivity index (χ4v) is 5.75. The molecule has 8 nitrogen and oxygen atoms in total. The minimum Gasteiger partial charge on any atom is -0.497 e. The third kappa shape index (κ3) is 7.99. The molecule has 0 spiro atoms. The van der Waals surface area contributed by atoms with Crippen LogP contribution in [0.4, 0.5) is 5.69 Å². The lowest BCUT2D eigenvalue weighted by molar-refractivity contribution is -0.140. The summed E-state index contributed by atoms with van der Waals surface area (Å²) in [6.07, 6.45) is 0.352. The first-order chi connectivity index (χ1) is 19.1. The largest absolute Gasteiger partial charge is 0.497 e. The third-order valence-electron chi connectivity index (χ3n) is 6.29. The molecule has 2 amide bonds. The van der Waals surface area contributed by atoms with E-state index in [0.717, 1.165) is 9.87 Å². The van der Waals surface area contributed by atoms with Crippen LogP contribution in [0.15, 0.2) is 83.8 Å². The molecule has 3 rings (SSSR count). The van der Waals surface area contributed by atoms with Gasteiger partial charge < -0.3 is 15.0 Å². The molecule has 0 aliphatic rings. The van der Waals surface area contributed by atoms with Crippen molar-refractivity contribution in [2.24, 2.45) is 5.92 Å². The van der Waals surface area contributed by atoms with Gasteiger partial charge >= 0.3 is 0 Å². The van der Waals surface area contributed by atoms with E-state index in [2.05, 4.69) is 5.32 Å². The number of anilines is 1. The second-order valence-electron chi connectivity index (χ2n) is 9.74. The van der Waals surface area contributed by atoms with Crippen LogP contribution in [0.3, 0.4) is 0 Å². The number of rotatable bonds is 13. The lowest BCUT2D eigenvalue weighted by atomic mass is 10.1. The van der Waals surface area contributed by atoms with Crippen molar-refractivity contribution in [2.75, 3.05) is 24.5 Å².